The molecule has 0 saturated heterocycles. The Balaban J connectivity index is 2.27. The molecular weight excluding hydrogens is 236 g/mol. The first kappa shape index (κ1) is 11.8. The predicted octanol–water partition coefficient (Wildman–Crippen LogP) is 2.18. The molecule has 0 unspecified atom stereocenters. The van der Waals surface area contributed by atoms with Crippen molar-refractivity contribution in [3.8, 4) is 0 Å². The van der Waals surface area contributed by atoms with Gasteiger partial charge in [0.2, 0.25) is 0 Å². The van der Waals surface area contributed by atoms with Crippen LogP contribution in [0, 0.1) is 17.0 Å². The maximum absolute atomic E-state index is 11.8. The Labute approximate surface area is 102 Å². The lowest BCUT2D eigenvalue weighted by Gasteiger charge is -2.08. The van der Waals surface area contributed by atoms with Gasteiger partial charge >= 0.3 is 6.03 Å². The van der Waals surface area contributed by atoms with Gasteiger partial charge in [-0.2, -0.15) is 0 Å². The molecule has 2 rings (SSSR count). The van der Waals surface area contributed by atoms with Crippen molar-refractivity contribution in [3.05, 3.63) is 52.6 Å². The second-order valence-electron chi connectivity index (χ2n) is 3.61. The lowest BCUT2D eigenvalue weighted by Crippen LogP contribution is -2.18. The summed E-state index contributed by atoms with van der Waals surface area (Å²) in [5.41, 5.74) is 0.789. The van der Waals surface area contributed by atoms with Crippen molar-refractivity contribution in [2.24, 2.45) is 0 Å². The quantitative estimate of drug-likeness (QED) is 0.649. The van der Waals surface area contributed by atoms with E-state index >= 15 is 0 Å². The van der Waals surface area contributed by atoms with Crippen molar-refractivity contribution in [3.63, 3.8) is 0 Å². The summed E-state index contributed by atoms with van der Waals surface area (Å²) in [7, 11) is 0. The van der Waals surface area contributed by atoms with Gasteiger partial charge in [-0.3, -0.25) is 14.7 Å². The van der Waals surface area contributed by atoms with Crippen LogP contribution in [-0.2, 0) is 0 Å². The Morgan fingerprint density at radius 1 is 1.50 bits per heavy atom. The average Bonchev–Trinajstić information content (AvgIpc) is 2.85. The van der Waals surface area contributed by atoms with Gasteiger partial charge in [0.15, 0.2) is 0 Å². The van der Waals surface area contributed by atoms with Crippen LogP contribution in [0.4, 0.5) is 16.2 Å². The summed E-state index contributed by atoms with van der Waals surface area (Å²) in [5.74, 6) is 0. The van der Waals surface area contributed by atoms with Crippen LogP contribution >= 0.6 is 0 Å². The minimum absolute atomic E-state index is 0.0292. The van der Waals surface area contributed by atoms with Gasteiger partial charge in [-0.15, -0.1) is 0 Å². The third kappa shape index (κ3) is 2.19. The van der Waals surface area contributed by atoms with Gasteiger partial charge in [-0.1, -0.05) is 6.07 Å². The summed E-state index contributed by atoms with van der Waals surface area (Å²) in [4.78, 5) is 25.8. The molecule has 2 aromatic rings. The molecule has 0 radical (unpaired) electrons. The summed E-state index contributed by atoms with van der Waals surface area (Å²) in [6.45, 7) is 1.58. The highest BCUT2D eigenvalue weighted by atomic mass is 16.6. The Kier molecular flexibility index (Phi) is 3.05. The van der Waals surface area contributed by atoms with Crippen LogP contribution in [0.2, 0.25) is 0 Å². The number of nitrogens with one attached hydrogen (secondary N) is 1. The van der Waals surface area contributed by atoms with E-state index in [4.69, 9.17) is 0 Å². The first-order valence-corrected chi connectivity index (χ1v) is 5.13. The fraction of sp³-hybridized carbons (Fsp3) is 0.0909. The van der Waals surface area contributed by atoms with Crippen LogP contribution < -0.4 is 5.32 Å². The lowest BCUT2D eigenvalue weighted by atomic mass is 10.1. The number of aromatic nitrogens is 2. The number of rotatable bonds is 2. The Morgan fingerprint density at radius 2 is 2.28 bits per heavy atom. The van der Waals surface area contributed by atoms with E-state index in [2.05, 4.69) is 10.3 Å². The van der Waals surface area contributed by atoms with E-state index in [9.17, 15) is 14.9 Å². The number of anilines is 1. The van der Waals surface area contributed by atoms with Crippen LogP contribution in [0.5, 0.6) is 0 Å². The van der Waals surface area contributed by atoms with E-state index in [1.165, 1.54) is 35.4 Å². The zero-order valence-corrected chi connectivity index (χ0v) is 9.53. The molecule has 1 aromatic heterocycles. The monoisotopic (exact) mass is 246 g/mol. The van der Waals surface area contributed by atoms with Crippen LogP contribution in [-0.4, -0.2) is 20.5 Å². The first-order chi connectivity index (χ1) is 8.59. The molecule has 92 valence electrons. The summed E-state index contributed by atoms with van der Waals surface area (Å²) in [6, 6.07) is 4.10. The molecule has 18 heavy (non-hydrogen) atoms. The minimum atomic E-state index is -0.484. The molecule has 0 saturated carbocycles. The van der Waals surface area contributed by atoms with Crippen LogP contribution in [0.3, 0.4) is 0 Å². The summed E-state index contributed by atoms with van der Waals surface area (Å²) in [5, 5.41) is 13.4. The van der Waals surface area contributed by atoms with Crippen molar-refractivity contribution in [2.75, 3.05) is 5.32 Å². The van der Waals surface area contributed by atoms with E-state index in [-0.39, 0.29) is 5.69 Å². The topological polar surface area (TPSA) is 90.1 Å². The highest BCUT2D eigenvalue weighted by Gasteiger charge is 2.15. The third-order valence-corrected chi connectivity index (χ3v) is 2.48. The maximum Gasteiger partial charge on any atom is 0.331 e. The van der Waals surface area contributed by atoms with Gasteiger partial charge < -0.3 is 5.32 Å². The molecule has 7 nitrogen and oxygen atoms in total. The van der Waals surface area contributed by atoms with Crippen molar-refractivity contribution < 1.29 is 9.72 Å². The van der Waals surface area contributed by atoms with E-state index in [1.807, 2.05) is 0 Å². The zero-order valence-electron chi connectivity index (χ0n) is 9.53. The first-order valence-electron chi connectivity index (χ1n) is 5.13. The van der Waals surface area contributed by atoms with Crippen molar-refractivity contribution >= 4 is 17.4 Å². The molecule has 0 aliphatic heterocycles. The molecule has 1 heterocycles. The van der Waals surface area contributed by atoms with E-state index in [0.717, 1.165) is 0 Å². The number of nitro groups is 1. The molecule has 1 amide bonds. The highest BCUT2D eigenvalue weighted by Crippen LogP contribution is 2.24. The van der Waals surface area contributed by atoms with E-state index in [1.54, 1.807) is 13.0 Å². The Hall–Kier alpha value is -2.70. The van der Waals surface area contributed by atoms with Crippen LogP contribution in [0.15, 0.2) is 36.9 Å². The van der Waals surface area contributed by atoms with Crippen molar-refractivity contribution in [2.45, 2.75) is 6.92 Å². The normalized spacial score (nSPS) is 10.1. The molecule has 0 fully saturated rings. The van der Waals surface area contributed by atoms with Gasteiger partial charge in [0, 0.05) is 18.5 Å². The molecule has 0 bridgehead atoms. The number of hydrogen-bond donors (Lipinski definition) is 1. The van der Waals surface area contributed by atoms with E-state index < -0.39 is 11.0 Å². The van der Waals surface area contributed by atoms with Crippen molar-refractivity contribution in [1.29, 1.82) is 0 Å². The van der Waals surface area contributed by atoms with Crippen LogP contribution in [0.25, 0.3) is 0 Å². The van der Waals surface area contributed by atoms with Crippen molar-refractivity contribution in [1.82, 2.24) is 9.55 Å². The lowest BCUT2D eigenvalue weighted by molar-refractivity contribution is -0.385. The number of hydrogen-bond acceptors (Lipinski definition) is 4. The largest absolute Gasteiger partial charge is 0.331 e. The summed E-state index contributed by atoms with van der Waals surface area (Å²) >= 11 is 0. The SMILES string of the molecule is Cc1c(NC(=O)n2ccnc2)cccc1[N+](=O)[O-]. The van der Waals surface area contributed by atoms with E-state index in [0.29, 0.717) is 11.3 Å². The molecule has 7 heteroatoms. The van der Waals surface area contributed by atoms with Gasteiger partial charge in [0.1, 0.15) is 6.33 Å². The average molecular weight is 246 g/mol. The molecule has 0 spiro atoms. The Morgan fingerprint density at radius 3 is 2.89 bits per heavy atom. The second kappa shape index (κ2) is 4.66. The fourth-order valence-corrected chi connectivity index (χ4v) is 1.52. The fourth-order valence-electron chi connectivity index (χ4n) is 1.52. The number of nitrogens with zero attached hydrogens (tertiary/aromatic N) is 3. The van der Waals surface area contributed by atoms with Gasteiger partial charge in [-0.25, -0.2) is 9.78 Å². The zero-order chi connectivity index (χ0) is 13.1. The molecule has 0 aliphatic rings. The summed E-state index contributed by atoms with van der Waals surface area (Å²) < 4.78 is 1.25. The smallest absolute Gasteiger partial charge is 0.307 e. The van der Waals surface area contributed by atoms with Gasteiger partial charge in [0.25, 0.3) is 5.69 Å². The van der Waals surface area contributed by atoms with Gasteiger partial charge in [0.05, 0.1) is 16.2 Å². The molecule has 0 aliphatic carbocycles. The standard InChI is InChI=1S/C11H10N4O3/c1-8-9(3-2-4-10(8)15(17)18)13-11(16)14-6-5-12-7-14/h2-7H,1H3,(H,13,16). The number of nitro benzene ring substituents is 1. The number of imidazole rings is 1. The van der Waals surface area contributed by atoms with Crippen LogP contribution in [0.1, 0.15) is 5.56 Å². The third-order valence-electron chi connectivity index (χ3n) is 2.48. The molecule has 1 aromatic carbocycles. The Bertz CT molecular complexity index is 592. The van der Waals surface area contributed by atoms with Gasteiger partial charge in [-0.05, 0) is 13.0 Å². The molecule has 0 atom stereocenters. The highest BCUT2D eigenvalue weighted by molar-refractivity contribution is 5.92. The predicted molar refractivity (Wildman–Crippen MR) is 64.5 cm³/mol. The number of carbonyl (C=O) groups excluding carboxylic acids is 1. The number of amides is 1. The second-order valence-corrected chi connectivity index (χ2v) is 3.61. The maximum atomic E-state index is 11.8. The number of carbonyl (C=O) groups is 1. The summed E-state index contributed by atoms with van der Waals surface area (Å²) in [6.07, 6.45) is 4.31. The number of benzene rings is 1. The molecule has 1 N–H and O–H groups in total. The minimum Gasteiger partial charge on any atom is -0.307 e. The molecular formula is C11H10N4O3.